The smallest absolute Gasteiger partial charge is 0.372 e. The number of primary amides is 1. The largest absolute Gasteiger partial charge is 0.417 e. The highest BCUT2D eigenvalue weighted by Gasteiger charge is 2.55. The van der Waals surface area contributed by atoms with Gasteiger partial charge in [0.1, 0.15) is 0 Å². The lowest BCUT2D eigenvalue weighted by atomic mass is 9.82. The Bertz CT molecular complexity index is 1060. The van der Waals surface area contributed by atoms with Crippen LogP contribution in [0.4, 0.5) is 18.9 Å². The molecule has 32 heavy (non-hydrogen) atoms. The highest BCUT2D eigenvalue weighted by Crippen LogP contribution is 2.50. The molecule has 0 aliphatic carbocycles. The first-order chi connectivity index (χ1) is 15.0. The Morgan fingerprint density at radius 3 is 2.34 bits per heavy atom. The van der Waals surface area contributed by atoms with Crippen LogP contribution in [0.15, 0.2) is 36.4 Å². The zero-order chi connectivity index (χ0) is 23.8. The van der Waals surface area contributed by atoms with E-state index in [0.717, 1.165) is 6.07 Å². The normalized spacial score (nSPS) is 18.4. The van der Waals surface area contributed by atoms with Crippen molar-refractivity contribution in [3.05, 3.63) is 63.7 Å². The second-order valence-electron chi connectivity index (χ2n) is 7.42. The van der Waals surface area contributed by atoms with Crippen LogP contribution in [0.3, 0.4) is 0 Å². The van der Waals surface area contributed by atoms with Crippen LogP contribution >= 0.6 is 11.6 Å². The van der Waals surface area contributed by atoms with Crippen molar-refractivity contribution in [2.45, 2.75) is 25.6 Å². The molecule has 0 spiro atoms. The first-order valence-corrected chi connectivity index (χ1v) is 10.4. The van der Waals surface area contributed by atoms with Crippen molar-refractivity contribution in [2.24, 2.45) is 5.73 Å². The number of likely N-dealkylation sites (N-methyl/N-ethyl adjacent to an activating group) is 1. The maximum atomic E-state index is 13.7. The summed E-state index contributed by atoms with van der Waals surface area (Å²) in [5.74, 6) is -2.30. The van der Waals surface area contributed by atoms with Crippen LogP contribution in [0.2, 0.25) is 5.02 Å². The van der Waals surface area contributed by atoms with Crippen LogP contribution in [-0.2, 0) is 16.6 Å². The molecule has 0 radical (unpaired) electrons. The molecular formula is C22H23ClF3N3O3. The zero-order valence-corrected chi connectivity index (χ0v) is 18.3. The summed E-state index contributed by atoms with van der Waals surface area (Å²) >= 11 is 6.23. The summed E-state index contributed by atoms with van der Waals surface area (Å²) in [4.78, 5) is 29.0. The van der Waals surface area contributed by atoms with E-state index in [0.29, 0.717) is 25.7 Å². The molecule has 172 valence electrons. The van der Waals surface area contributed by atoms with Crippen molar-refractivity contribution in [1.29, 1.82) is 0 Å². The average Bonchev–Trinajstić information content (AvgIpc) is 2.95. The second kappa shape index (κ2) is 8.73. The lowest BCUT2D eigenvalue weighted by Crippen LogP contribution is -2.44. The van der Waals surface area contributed by atoms with Gasteiger partial charge in [0.2, 0.25) is 5.91 Å². The van der Waals surface area contributed by atoms with E-state index < -0.39 is 40.3 Å². The number of benzene rings is 2. The number of aliphatic hydroxyl groups is 1. The van der Waals surface area contributed by atoms with Gasteiger partial charge in [-0.15, -0.1) is 0 Å². The molecule has 2 aromatic carbocycles. The highest BCUT2D eigenvalue weighted by atomic mass is 35.5. The molecule has 0 saturated carbocycles. The molecule has 0 saturated heterocycles. The van der Waals surface area contributed by atoms with Crippen molar-refractivity contribution in [2.75, 3.05) is 31.1 Å². The molecule has 6 nitrogen and oxygen atoms in total. The summed E-state index contributed by atoms with van der Waals surface area (Å²) in [6.45, 7) is 5.75. The van der Waals surface area contributed by atoms with Gasteiger partial charge in [0, 0.05) is 29.2 Å². The number of nitrogens with two attached hydrogens (primary N) is 1. The minimum Gasteiger partial charge on any atom is -0.372 e. The van der Waals surface area contributed by atoms with Crippen molar-refractivity contribution < 1.29 is 27.9 Å². The van der Waals surface area contributed by atoms with Gasteiger partial charge in [-0.05, 0) is 31.3 Å². The SMILES string of the molecule is CCN(CC)CCN1C(=O)C(O)(c2ccccc2Cl)c2c1ccc(C(F)(F)F)c2C(N)=O. The van der Waals surface area contributed by atoms with Crippen LogP contribution in [0, 0.1) is 0 Å². The summed E-state index contributed by atoms with van der Waals surface area (Å²) in [5, 5.41) is 11.6. The van der Waals surface area contributed by atoms with E-state index in [1.807, 2.05) is 18.7 Å². The van der Waals surface area contributed by atoms with Gasteiger partial charge in [-0.1, -0.05) is 43.6 Å². The molecule has 1 heterocycles. The molecule has 0 bridgehead atoms. The van der Waals surface area contributed by atoms with Gasteiger partial charge in [-0.2, -0.15) is 13.2 Å². The van der Waals surface area contributed by atoms with Crippen molar-refractivity contribution in [1.82, 2.24) is 4.90 Å². The fourth-order valence-corrected chi connectivity index (χ4v) is 4.37. The summed E-state index contributed by atoms with van der Waals surface area (Å²) in [6, 6.07) is 7.56. The number of alkyl halides is 3. The third kappa shape index (κ3) is 3.85. The number of nitrogens with zero attached hydrogens (tertiary/aromatic N) is 2. The number of hydrogen-bond donors (Lipinski definition) is 2. The van der Waals surface area contributed by atoms with Gasteiger partial charge < -0.3 is 20.6 Å². The van der Waals surface area contributed by atoms with Gasteiger partial charge in [0.25, 0.3) is 5.91 Å². The quantitative estimate of drug-likeness (QED) is 0.651. The van der Waals surface area contributed by atoms with E-state index in [9.17, 15) is 27.9 Å². The lowest BCUT2D eigenvalue weighted by Gasteiger charge is -2.27. The maximum Gasteiger partial charge on any atom is 0.417 e. The van der Waals surface area contributed by atoms with E-state index in [-0.39, 0.29) is 22.8 Å². The zero-order valence-electron chi connectivity index (χ0n) is 17.5. The summed E-state index contributed by atoms with van der Waals surface area (Å²) in [7, 11) is 0. The van der Waals surface area contributed by atoms with Crippen molar-refractivity contribution >= 4 is 29.1 Å². The van der Waals surface area contributed by atoms with Gasteiger partial charge in [-0.3, -0.25) is 9.59 Å². The first-order valence-electron chi connectivity index (χ1n) is 10.0. The van der Waals surface area contributed by atoms with Crippen molar-refractivity contribution in [3.8, 4) is 0 Å². The third-order valence-electron chi connectivity index (χ3n) is 5.74. The van der Waals surface area contributed by atoms with Crippen LogP contribution in [0.5, 0.6) is 0 Å². The fourth-order valence-electron chi connectivity index (χ4n) is 4.09. The maximum absolute atomic E-state index is 13.7. The van der Waals surface area contributed by atoms with Crippen LogP contribution < -0.4 is 10.6 Å². The average molecular weight is 470 g/mol. The topological polar surface area (TPSA) is 86.9 Å². The second-order valence-corrected chi connectivity index (χ2v) is 7.83. The predicted octanol–water partition coefficient (Wildman–Crippen LogP) is 3.38. The van der Waals surface area contributed by atoms with E-state index in [1.165, 1.54) is 23.1 Å². The number of fused-ring (bicyclic) bond motifs is 1. The van der Waals surface area contributed by atoms with Crippen LogP contribution in [0.1, 0.15) is 40.9 Å². The number of halogens is 4. The van der Waals surface area contributed by atoms with Crippen LogP contribution in [0.25, 0.3) is 0 Å². The Kier molecular flexibility index (Phi) is 6.55. The van der Waals surface area contributed by atoms with Gasteiger partial charge >= 0.3 is 6.18 Å². The number of hydrogen-bond acceptors (Lipinski definition) is 4. The van der Waals surface area contributed by atoms with Crippen molar-refractivity contribution in [3.63, 3.8) is 0 Å². The Labute approximate surface area is 188 Å². The Balaban J connectivity index is 2.32. The van der Waals surface area contributed by atoms with E-state index in [2.05, 4.69) is 0 Å². The molecule has 0 aromatic heterocycles. The summed E-state index contributed by atoms with van der Waals surface area (Å²) < 4.78 is 41.2. The predicted molar refractivity (Wildman–Crippen MR) is 115 cm³/mol. The number of amides is 2. The molecule has 2 aromatic rings. The molecule has 2 amide bonds. The molecule has 3 N–H and O–H groups in total. The highest BCUT2D eigenvalue weighted by molar-refractivity contribution is 6.32. The van der Waals surface area contributed by atoms with E-state index in [1.54, 1.807) is 6.07 Å². The fraction of sp³-hybridized carbons (Fsp3) is 0.364. The molecule has 1 aliphatic heterocycles. The molecule has 1 unspecified atom stereocenters. The van der Waals surface area contributed by atoms with Crippen LogP contribution in [-0.4, -0.2) is 48.0 Å². The number of carbonyl (C=O) groups excluding carboxylic acids is 2. The third-order valence-corrected chi connectivity index (χ3v) is 6.07. The summed E-state index contributed by atoms with van der Waals surface area (Å²) in [5.41, 5.74) is -0.162. The molecule has 3 rings (SSSR count). The minimum atomic E-state index is -4.93. The minimum absolute atomic E-state index is 0.00799. The monoisotopic (exact) mass is 469 g/mol. The lowest BCUT2D eigenvalue weighted by molar-refractivity contribution is -0.138. The number of anilines is 1. The molecule has 10 heteroatoms. The van der Waals surface area contributed by atoms with E-state index >= 15 is 0 Å². The first kappa shape index (κ1) is 24.0. The Morgan fingerprint density at radius 1 is 1.19 bits per heavy atom. The Morgan fingerprint density at radius 2 is 1.81 bits per heavy atom. The Hall–Kier alpha value is -2.62. The summed E-state index contributed by atoms with van der Waals surface area (Å²) in [6.07, 6.45) is -4.93. The number of carbonyl (C=O) groups is 2. The molecule has 0 fully saturated rings. The van der Waals surface area contributed by atoms with Gasteiger partial charge in [0.05, 0.1) is 16.8 Å². The van der Waals surface area contributed by atoms with Gasteiger partial charge in [-0.25, -0.2) is 0 Å². The molecule has 1 aliphatic rings. The standard InChI is InChI=1S/C22H23ClF3N3O3/c1-3-28(4-2)11-12-29-16-10-9-14(22(24,25)26)17(19(27)30)18(16)21(32,20(29)31)13-7-5-6-8-15(13)23/h5-10,32H,3-4,11-12H2,1-2H3,(H2,27,30). The number of rotatable bonds is 7. The molecule has 1 atom stereocenters. The van der Waals surface area contributed by atoms with E-state index in [4.69, 9.17) is 17.3 Å². The molecular weight excluding hydrogens is 447 g/mol. The van der Waals surface area contributed by atoms with Gasteiger partial charge in [0.15, 0.2) is 5.60 Å².